The summed E-state index contributed by atoms with van der Waals surface area (Å²) in [6.07, 6.45) is 1.70. The summed E-state index contributed by atoms with van der Waals surface area (Å²) in [5, 5.41) is 0. The molecule has 0 bridgehead atoms. The van der Waals surface area contributed by atoms with Gasteiger partial charge in [0.05, 0.1) is 10.2 Å². The maximum absolute atomic E-state index is 12.0. The highest BCUT2D eigenvalue weighted by atomic mass is 79.9. The van der Waals surface area contributed by atoms with Crippen LogP contribution in [0.2, 0.25) is 0 Å². The molecule has 0 amide bonds. The average molecular weight is 410 g/mol. The molecule has 1 aromatic carbocycles. The second-order valence-corrected chi connectivity index (χ2v) is 6.15. The van der Waals surface area contributed by atoms with Crippen LogP contribution >= 0.6 is 31.9 Å². The van der Waals surface area contributed by atoms with Crippen LogP contribution in [0.1, 0.15) is 5.69 Å². The minimum absolute atomic E-state index is 0.117. The molecule has 0 atom stereocenters. The topological polar surface area (TPSA) is 43.6 Å². The van der Waals surface area contributed by atoms with Gasteiger partial charge < -0.3 is 4.74 Å². The summed E-state index contributed by atoms with van der Waals surface area (Å²) in [4.78, 5) is 16.4. The predicted molar refractivity (Wildman–Crippen MR) is 87.6 cm³/mol. The molecule has 2 heterocycles. The van der Waals surface area contributed by atoms with Gasteiger partial charge >= 0.3 is 0 Å². The lowest BCUT2D eigenvalue weighted by Gasteiger charge is -2.08. The highest BCUT2D eigenvalue weighted by Gasteiger charge is 2.05. The summed E-state index contributed by atoms with van der Waals surface area (Å²) in [6.45, 7) is 0.237. The van der Waals surface area contributed by atoms with Crippen molar-refractivity contribution in [2.24, 2.45) is 0 Å². The van der Waals surface area contributed by atoms with E-state index in [0.717, 1.165) is 8.95 Å². The number of fused-ring (bicyclic) bond motifs is 1. The summed E-state index contributed by atoms with van der Waals surface area (Å²) < 4.78 is 9.01. The van der Waals surface area contributed by atoms with Gasteiger partial charge in [-0.2, -0.15) is 0 Å². The highest BCUT2D eigenvalue weighted by molar-refractivity contribution is 9.11. The number of halogens is 2. The monoisotopic (exact) mass is 408 g/mol. The van der Waals surface area contributed by atoms with E-state index in [-0.39, 0.29) is 12.2 Å². The van der Waals surface area contributed by atoms with E-state index in [4.69, 9.17) is 4.74 Å². The van der Waals surface area contributed by atoms with Crippen LogP contribution in [0.4, 0.5) is 0 Å². The van der Waals surface area contributed by atoms with Crippen LogP contribution < -0.4 is 10.3 Å². The first-order chi connectivity index (χ1) is 10.1. The Morgan fingerprint density at radius 2 is 2.00 bits per heavy atom. The van der Waals surface area contributed by atoms with Gasteiger partial charge in [-0.25, -0.2) is 4.98 Å². The van der Waals surface area contributed by atoms with E-state index >= 15 is 0 Å². The molecule has 0 saturated carbocycles. The number of nitrogens with zero attached hydrogens (tertiary/aromatic N) is 2. The minimum Gasteiger partial charge on any atom is -0.486 e. The van der Waals surface area contributed by atoms with Gasteiger partial charge in [0.2, 0.25) is 0 Å². The lowest BCUT2D eigenvalue weighted by atomic mass is 10.3. The standard InChI is InChI=1S/C15H10Br2N2O2/c16-10-4-5-13(12(17)7-10)21-9-11-8-15(20)19-6-2-1-3-14(19)18-11/h1-8H,9H2. The summed E-state index contributed by atoms with van der Waals surface area (Å²) >= 11 is 6.82. The molecule has 0 aliphatic rings. The third-order valence-electron chi connectivity index (χ3n) is 2.89. The van der Waals surface area contributed by atoms with Crippen LogP contribution in [0.25, 0.3) is 5.65 Å². The van der Waals surface area contributed by atoms with Crippen LogP contribution in [0, 0.1) is 0 Å². The smallest absolute Gasteiger partial charge is 0.258 e. The number of benzene rings is 1. The molecule has 0 fully saturated rings. The molecule has 0 saturated heterocycles. The predicted octanol–water partition coefficient (Wildman–Crippen LogP) is 3.80. The minimum atomic E-state index is -0.117. The number of aromatic nitrogens is 2. The van der Waals surface area contributed by atoms with E-state index in [0.29, 0.717) is 17.1 Å². The molecule has 0 radical (unpaired) electrons. The fourth-order valence-corrected chi connectivity index (χ4v) is 3.08. The molecule has 106 valence electrons. The van der Waals surface area contributed by atoms with Crippen molar-refractivity contribution in [3.05, 3.63) is 73.7 Å². The van der Waals surface area contributed by atoms with E-state index in [1.165, 1.54) is 10.5 Å². The van der Waals surface area contributed by atoms with E-state index in [2.05, 4.69) is 36.8 Å². The zero-order chi connectivity index (χ0) is 14.8. The first kappa shape index (κ1) is 14.3. The molecule has 4 nitrogen and oxygen atoms in total. The van der Waals surface area contributed by atoms with E-state index in [9.17, 15) is 4.79 Å². The maximum Gasteiger partial charge on any atom is 0.258 e. The molecule has 3 aromatic rings. The molecule has 21 heavy (non-hydrogen) atoms. The van der Waals surface area contributed by atoms with E-state index in [1.807, 2.05) is 24.3 Å². The maximum atomic E-state index is 12.0. The quantitative estimate of drug-likeness (QED) is 0.660. The third-order valence-corrected chi connectivity index (χ3v) is 4.01. The molecule has 0 aliphatic heterocycles. The number of hydrogen-bond donors (Lipinski definition) is 0. The Labute approximate surface area is 137 Å². The van der Waals surface area contributed by atoms with Crippen molar-refractivity contribution in [3.8, 4) is 5.75 Å². The molecule has 0 spiro atoms. The zero-order valence-electron chi connectivity index (χ0n) is 10.8. The van der Waals surface area contributed by atoms with Crippen molar-refractivity contribution < 1.29 is 4.74 Å². The van der Waals surface area contributed by atoms with Crippen molar-refractivity contribution in [1.29, 1.82) is 0 Å². The van der Waals surface area contributed by atoms with Crippen molar-refractivity contribution in [3.63, 3.8) is 0 Å². The molecule has 2 aromatic heterocycles. The van der Waals surface area contributed by atoms with Gasteiger partial charge in [-0.1, -0.05) is 22.0 Å². The van der Waals surface area contributed by atoms with Gasteiger partial charge in [0.1, 0.15) is 18.0 Å². The van der Waals surface area contributed by atoms with E-state index < -0.39 is 0 Å². The molecular formula is C15H10Br2N2O2. The van der Waals surface area contributed by atoms with Crippen LogP contribution in [0.5, 0.6) is 5.75 Å². The third kappa shape index (κ3) is 3.16. The molecule has 3 rings (SSSR count). The summed E-state index contributed by atoms with van der Waals surface area (Å²) in [5.41, 5.74) is 1.09. The Kier molecular flexibility index (Phi) is 4.07. The number of hydrogen-bond acceptors (Lipinski definition) is 3. The summed E-state index contributed by atoms with van der Waals surface area (Å²) in [6, 6.07) is 12.6. The Morgan fingerprint density at radius 3 is 2.81 bits per heavy atom. The summed E-state index contributed by atoms with van der Waals surface area (Å²) in [5.74, 6) is 0.702. The van der Waals surface area contributed by atoms with Crippen LogP contribution in [-0.2, 0) is 6.61 Å². The van der Waals surface area contributed by atoms with Gasteiger partial charge in [-0.15, -0.1) is 0 Å². The fourth-order valence-electron chi connectivity index (χ4n) is 1.92. The highest BCUT2D eigenvalue weighted by Crippen LogP contribution is 2.28. The largest absolute Gasteiger partial charge is 0.486 e. The molecule has 0 unspecified atom stereocenters. The van der Waals surface area contributed by atoms with Gasteiger partial charge in [0.15, 0.2) is 0 Å². The Balaban J connectivity index is 1.87. The van der Waals surface area contributed by atoms with Crippen molar-refractivity contribution in [2.75, 3.05) is 0 Å². The lowest BCUT2D eigenvalue weighted by Crippen LogP contribution is -2.16. The lowest BCUT2D eigenvalue weighted by molar-refractivity contribution is 0.299. The molecular weight excluding hydrogens is 400 g/mol. The van der Waals surface area contributed by atoms with Crippen LogP contribution in [0.3, 0.4) is 0 Å². The molecule has 0 aliphatic carbocycles. The van der Waals surface area contributed by atoms with E-state index in [1.54, 1.807) is 18.3 Å². The molecule has 6 heteroatoms. The SMILES string of the molecule is O=c1cc(COc2ccc(Br)cc2Br)nc2ccccn12. The van der Waals surface area contributed by atoms with Crippen molar-refractivity contribution in [1.82, 2.24) is 9.38 Å². The van der Waals surface area contributed by atoms with Gasteiger partial charge in [0, 0.05) is 16.7 Å². The first-order valence-corrected chi connectivity index (χ1v) is 7.77. The summed E-state index contributed by atoms with van der Waals surface area (Å²) in [7, 11) is 0. The average Bonchev–Trinajstić information content (AvgIpc) is 2.46. The number of pyridine rings is 1. The van der Waals surface area contributed by atoms with Crippen LogP contribution in [-0.4, -0.2) is 9.38 Å². The molecule has 0 N–H and O–H groups in total. The van der Waals surface area contributed by atoms with Gasteiger partial charge in [0.25, 0.3) is 5.56 Å². The number of rotatable bonds is 3. The van der Waals surface area contributed by atoms with Crippen molar-refractivity contribution in [2.45, 2.75) is 6.61 Å². The van der Waals surface area contributed by atoms with Gasteiger partial charge in [-0.05, 0) is 46.3 Å². The second-order valence-electron chi connectivity index (χ2n) is 4.38. The Bertz CT molecular complexity index is 862. The first-order valence-electron chi connectivity index (χ1n) is 6.19. The van der Waals surface area contributed by atoms with Crippen molar-refractivity contribution >= 4 is 37.5 Å². The zero-order valence-corrected chi connectivity index (χ0v) is 14.0. The normalized spacial score (nSPS) is 10.8. The van der Waals surface area contributed by atoms with Crippen LogP contribution in [0.15, 0.2) is 62.4 Å². The fraction of sp³-hybridized carbons (Fsp3) is 0.0667. The Morgan fingerprint density at radius 1 is 1.14 bits per heavy atom. The van der Waals surface area contributed by atoms with Gasteiger partial charge in [-0.3, -0.25) is 9.20 Å². The number of ether oxygens (including phenoxy) is 1. The Hall–Kier alpha value is -1.66. The second kappa shape index (κ2) is 5.99.